The number of nitrogens with zero attached hydrogens (tertiary/aromatic N) is 1. The fraction of sp³-hybridized carbons (Fsp3) is 0.643. The molecule has 6 heteroatoms. The maximum Gasteiger partial charge on any atom is 0.433 e. The van der Waals surface area contributed by atoms with E-state index in [9.17, 15) is 13.2 Å². The van der Waals surface area contributed by atoms with Gasteiger partial charge in [0, 0.05) is 5.88 Å². The summed E-state index contributed by atoms with van der Waals surface area (Å²) in [7, 11) is 0. The van der Waals surface area contributed by atoms with Crippen LogP contribution in [-0.2, 0) is 6.18 Å². The van der Waals surface area contributed by atoms with Crippen LogP contribution in [0.25, 0.3) is 0 Å². The summed E-state index contributed by atoms with van der Waals surface area (Å²) >= 11 is 6.05. The van der Waals surface area contributed by atoms with Gasteiger partial charge in [-0.25, -0.2) is 4.98 Å². The molecule has 0 atom stereocenters. The average Bonchev–Trinajstić information content (AvgIpc) is 2.41. The number of alkyl halides is 4. The molecule has 2 nitrogen and oxygen atoms in total. The molecule has 1 N–H and O–H groups in total. The molecular formula is C14H18ClF3N2. The summed E-state index contributed by atoms with van der Waals surface area (Å²) < 4.78 is 38.0. The second kappa shape index (κ2) is 5.80. The van der Waals surface area contributed by atoms with E-state index >= 15 is 0 Å². The lowest BCUT2D eigenvalue weighted by atomic mass is 9.78. The van der Waals surface area contributed by atoms with E-state index in [1.807, 2.05) is 0 Å². The quantitative estimate of drug-likeness (QED) is 0.819. The Morgan fingerprint density at radius 2 is 2.00 bits per heavy atom. The number of rotatable bonds is 3. The Morgan fingerprint density at radius 1 is 1.35 bits per heavy atom. The van der Waals surface area contributed by atoms with Crippen LogP contribution < -0.4 is 5.32 Å². The van der Waals surface area contributed by atoms with Crippen LogP contribution in [0, 0.1) is 5.92 Å². The van der Waals surface area contributed by atoms with Crippen molar-refractivity contribution in [3.05, 3.63) is 23.9 Å². The van der Waals surface area contributed by atoms with Crippen molar-refractivity contribution in [2.24, 2.45) is 5.92 Å². The molecule has 1 fully saturated rings. The molecule has 0 spiro atoms. The van der Waals surface area contributed by atoms with E-state index < -0.39 is 11.9 Å². The minimum atomic E-state index is -4.42. The van der Waals surface area contributed by atoms with Crippen molar-refractivity contribution < 1.29 is 13.2 Å². The lowest BCUT2D eigenvalue weighted by Gasteiger charge is -2.39. The Balaban J connectivity index is 2.16. The van der Waals surface area contributed by atoms with Crippen LogP contribution in [0.4, 0.5) is 19.0 Å². The van der Waals surface area contributed by atoms with Crippen molar-refractivity contribution in [3.8, 4) is 0 Å². The molecule has 1 aliphatic rings. The molecule has 1 aromatic rings. The molecule has 0 bridgehead atoms. The summed E-state index contributed by atoms with van der Waals surface area (Å²) in [5, 5.41) is 3.13. The van der Waals surface area contributed by atoms with Crippen molar-refractivity contribution in [2.75, 3.05) is 11.2 Å². The third-order valence-corrected chi connectivity index (χ3v) is 4.43. The normalized spacial score (nSPS) is 27.4. The highest BCUT2D eigenvalue weighted by Gasteiger charge is 2.35. The minimum Gasteiger partial charge on any atom is -0.363 e. The van der Waals surface area contributed by atoms with E-state index in [0.29, 0.717) is 11.8 Å². The summed E-state index contributed by atoms with van der Waals surface area (Å²) in [4.78, 5) is 3.66. The zero-order valence-electron chi connectivity index (χ0n) is 11.3. The van der Waals surface area contributed by atoms with Crippen molar-refractivity contribution in [1.82, 2.24) is 4.98 Å². The van der Waals surface area contributed by atoms with Crippen LogP contribution in [0.15, 0.2) is 18.2 Å². The van der Waals surface area contributed by atoms with Gasteiger partial charge in [0.2, 0.25) is 0 Å². The van der Waals surface area contributed by atoms with E-state index in [-0.39, 0.29) is 11.4 Å². The zero-order valence-corrected chi connectivity index (χ0v) is 12.1. The molecule has 1 heterocycles. The monoisotopic (exact) mass is 306 g/mol. The third-order valence-electron chi connectivity index (χ3n) is 3.92. The van der Waals surface area contributed by atoms with Gasteiger partial charge in [-0.15, -0.1) is 11.6 Å². The highest BCUT2D eigenvalue weighted by Crippen LogP contribution is 2.36. The van der Waals surface area contributed by atoms with Crippen molar-refractivity contribution >= 4 is 17.4 Å². The topological polar surface area (TPSA) is 24.9 Å². The van der Waals surface area contributed by atoms with Gasteiger partial charge < -0.3 is 5.32 Å². The third kappa shape index (κ3) is 3.57. The molecule has 0 saturated heterocycles. The minimum absolute atomic E-state index is 0.245. The Labute approximate surface area is 121 Å². The summed E-state index contributed by atoms with van der Waals surface area (Å²) in [6.07, 6.45) is -0.657. The number of pyridine rings is 1. The maximum atomic E-state index is 12.7. The second-order valence-electron chi connectivity index (χ2n) is 5.63. The Morgan fingerprint density at radius 3 is 2.55 bits per heavy atom. The second-order valence-corrected chi connectivity index (χ2v) is 5.89. The standard InChI is InChI=1S/C14H18ClF3N2/c1-10-5-7-13(9-15,8-6-10)20-12-4-2-3-11(19-12)14(16,17)18/h2-4,10H,5-9H2,1H3,(H,19,20). The Kier molecular flexibility index (Phi) is 4.47. The maximum absolute atomic E-state index is 12.7. The smallest absolute Gasteiger partial charge is 0.363 e. The molecule has 0 radical (unpaired) electrons. The molecule has 0 aromatic carbocycles. The van der Waals surface area contributed by atoms with Crippen LogP contribution >= 0.6 is 11.6 Å². The number of aromatic nitrogens is 1. The predicted molar refractivity (Wildman–Crippen MR) is 73.9 cm³/mol. The van der Waals surface area contributed by atoms with Crippen molar-refractivity contribution in [2.45, 2.75) is 44.3 Å². The number of anilines is 1. The number of hydrogen-bond acceptors (Lipinski definition) is 2. The average molecular weight is 307 g/mol. The molecular weight excluding hydrogens is 289 g/mol. The van der Waals surface area contributed by atoms with E-state index in [2.05, 4.69) is 17.2 Å². The van der Waals surface area contributed by atoms with Gasteiger partial charge in [-0.05, 0) is 43.7 Å². The lowest BCUT2D eigenvalue weighted by Crippen LogP contribution is -2.43. The van der Waals surface area contributed by atoms with E-state index in [1.54, 1.807) is 6.07 Å². The molecule has 0 amide bonds. The molecule has 1 aromatic heterocycles. The summed E-state index contributed by atoms with van der Waals surface area (Å²) in [5.41, 5.74) is -1.22. The van der Waals surface area contributed by atoms with Gasteiger partial charge in [-0.1, -0.05) is 13.0 Å². The van der Waals surface area contributed by atoms with Crippen LogP contribution in [0.5, 0.6) is 0 Å². The van der Waals surface area contributed by atoms with Crippen molar-refractivity contribution in [1.29, 1.82) is 0 Å². The predicted octanol–water partition coefficient (Wildman–Crippen LogP) is 4.70. The van der Waals surface area contributed by atoms with E-state index in [1.165, 1.54) is 6.07 Å². The van der Waals surface area contributed by atoms with Crippen molar-refractivity contribution in [3.63, 3.8) is 0 Å². The van der Waals surface area contributed by atoms with Crippen LogP contribution in [0.1, 0.15) is 38.3 Å². The largest absolute Gasteiger partial charge is 0.433 e. The van der Waals surface area contributed by atoms with Crippen LogP contribution in [-0.4, -0.2) is 16.4 Å². The molecule has 0 aliphatic heterocycles. The number of hydrogen-bond donors (Lipinski definition) is 1. The van der Waals surface area contributed by atoms with Gasteiger partial charge in [0.25, 0.3) is 0 Å². The molecule has 112 valence electrons. The SMILES string of the molecule is CC1CCC(CCl)(Nc2cccc(C(F)(F)F)n2)CC1. The summed E-state index contributed by atoms with van der Waals surface area (Å²) in [6, 6.07) is 3.90. The highest BCUT2D eigenvalue weighted by atomic mass is 35.5. The molecule has 1 aliphatic carbocycles. The first-order valence-electron chi connectivity index (χ1n) is 6.73. The van der Waals surface area contributed by atoms with Gasteiger partial charge in [-0.3, -0.25) is 0 Å². The van der Waals surface area contributed by atoms with Gasteiger partial charge in [0.15, 0.2) is 0 Å². The van der Waals surface area contributed by atoms with Gasteiger partial charge in [0.05, 0.1) is 5.54 Å². The summed E-state index contributed by atoms with van der Waals surface area (Å²) in [6.45, 7) is 2.18. The lowest BCUT2D eigenvalue weighted by molar-refractivity contribution is -0.141. The molecule has 0 unspecified atom stereocenters. The highest BCUT2D eigenvalue weighted by molar-refractivity contribution is 6.18. The molecule has 20 heavy (non-hydrogen) atoms. The van der Waals surface area contributed by atoms with E-state index in [4.69, 9.17) is 11.6 Å². The first-order valence-corrected chi connectivity index (χ1v) is 7.26. The first kappa shape index (κ1) is 15.4. The Bertz CT molecular complexity index is 454. The van der Waals surface area contributed by atoms with Crippen LogP contribution in [0.2, 0.25) is 0 Å². The molecule has 2 rings (SSSR count). The van der Waals surface area contributed by atoms with Gasteiger partial charge in [0.1, 0.15) is 11.5 Å². The number of nitrogens with one attached hydrogen (secondary N) is 1. The fourth-order valence-electron chi connectivity index (χ4n) is 2.54. The Hall–Kier alpha value is -0.970. The first-order chi connectivity index (χ1) is 9.35. The van der Waals surface area contributed by atoms with Gasteiger partial charge in [-0.2, -0.15) is 13.2 Å². The summed E-state index contributed by atoms with van der Waals surface area (Å²) in [5.74, 6) is 1.26. The zero-order chi connectivity index (χ0) is 14.8. The fourth-order valence-corrected chi connectivity index (χ4v) is 2.87. The van der Waals surface area contributed by atoms with Gasteiger partial charge >= 0.3 is 6.18 Å². The van der Waals surface area contributed by atoms with Crippen LogP contribution in [0.3, 0.4) is 0 Å². The van der Waals surface area contributed by atoms with E-state index in [0.717, 1.165) is 31.7 Å². The number of halogens is 4. The molecule has 1 saturated carbocycles.